The Kier molecular flexibility index (Phi) is 8.97. The first-order chi connectivity index (χ1) is 15.1. The number of carboxylic acid groups (broad SMARTS) is 2. The Morgan fingerprint density at radius 1 is 0.938 bits per heavy atom. The molecule has 0 unspecified atom stereocenters. The monoisotopic (exact) mass is 466 g/mol. The van der Waals surface area contributed by atoms with Crippen molar-refractivity contribution in [3.05, 3.63) is 42.5 Å². The van der Waals surface area contributed by atoms with Crippen LogP contribution in [0, 0.1) is 0 Å². The minimum atomic E-state index is -3.19. The number of carbonyl (C=O) groups excluding carboxylic acids is 1. The van der Waals surface area contributed by atoms with Crippen molar-refractivity contribution in [2.45, 2.75) is 13.3 Å². The molecule has 1 amide bonds. The van der Waals surface area contributed by atoms with Crippen LogP contribution in [0.2, 0.25) is 0 Å². The van der Waals surface area contributed by atoms with E-state index in [1.807, 2.05) is 49.4 Å². The SMILES string of the molecule is CCCS(=O)(=O)N1CCN(C(=O)COc2ccc3ccccc3c2)CC1.O=C(O)C(=O)O. The molecule has 11 heteroatoms. The van der Waals surface area contributed by atoms with E-state index in [4.69, 9.17) is 24.5 Å². The standard InChI is InChI=1S/C19H24N2O4S.C2H2O4/c1-2-13-26(23,24)21-11-9-20(10-12-21)19(22)15-25-18-8-7-16-5-3-4-6-17(16)14-18;3-1(4)2(5)6/h3-8,14H,2,9-13,15H2,1H3;(H,3,4)(H,5,6). The number of amides is 1. The molecule has 1 aliphatic heterocycles. The molecular weight excluding hydrogens is 440 g/mol. The number of hydrogen-bond donors (Lipinski definition) is 2. The first kappa shape index (κ1) is 25.1. The zero-order chi connectivity index (χ0) is 23.7. The van der Waals surface area contributed by atoms with Gasteiger partial charge in [0.25, 0.3) is 5.91 Å². The van der Waals surface area contributed by atoms with Gasteiger partial charge in [0.05, 0.1) is 5.75 Å². The van der Waals surface area contributed by atoms with Crippen LogP contribution in [0.3, 0.4) is 0 Å². The number of carbonyl (C=O) groups is 3. The number of nitrogens with zero attached hydrogens (tertiary/aromatic N) is 2. The van der Waals surface area contributed by atoms with Crippen molar-refractivity contribution in [3.8, 4) is 5.75 Å². The van der Waals surface area contributed by atoms with Crippen LogP contribution in [-0.2, 0) is 24.4 Å². The van der Waals surface area contributed by atoms with Gasteiger partial charge in [0, 0.05) is 26.2 Å². The Morgan fingerprint density at radius 3 is 2.09 bits per heavy atom. The summed E-state index contributed by atoms with van der Waals surface area (Å²) in [6.45, 7) is 3.32. The van der Waals surface area contributed by atoms with E-state index in [0.29, 0.717) is 38.3 Å². The Labute approximate surface area is 186 Å². The van der Waals surface area contributed by atoms with Gasteiger partial charge in [-0.2, -0.15) is 4.31 Å². The van der Waals surface area contributed by atoms with E-state index in [2.05, 4.69) is 0 Å². The molecule has 32 heavy (non-hydrogen) atoms. The predicted molar refractivity (Wildman–Crippen MR) is 117 cm³/mol. The number of ether oxygens (including phenoxy) is 1. The van der Waals surface area contributed by atoms with E-state index in [1.165, 1.54) is 4.31 Å². The molecule has 174 valence electrons. The predicted octanol–water partition coefficient (Wildman–Crippen LogP) is 1.26. The average molecular weight is 467 g/mol. The van der Waals surface area contributed by atoms with Gasteiger partial charge >= 0.3 is 11.9 Å². The summed E-state index contributed by atoms with van der Waals surface area (Å²) in [6.07, 6.45) is 0.598. The molecule has 0 aliphatic carbocycles. The quantitative estimate of drug-likeness (QED) is 0.606. The fraction of sp³-hybridized carbons (Fsp3) is 0.381. The van der Waals surface area contributed by atoms with Crippen molar-refractivity contribution in [2.24, 2.45) is 0 Å². The number of fused-ring (bicyclic) bond motifs is 1. The van der Waals surface area contributed by atoms with Crippen LogP contribution in [0.15, 0.2) is 42.5 Å². The van der Waals surface area contributed by atoms with Gasteiger partial charge in [-0.3, -0.25) is 4.79 Å². The Balaban J connectivity index is 0.000000534. The molecule has 1 aliphatic rings. The molecule has 1 heterocycles. The second-order valence-electron chi connectivity index (χ2n) is 7.00. The maximum atomic E-state index is 12.4. The van der Waals surface area contributed by atoms with Crippen molar-refractivity contribution >= 4 is 38.6 Å². The van der Waals surface area contributed by atoms with Crippen LogP contribution in [0.25, 0.3) is 10.8 Å². The second-order valence-corrected chi connectivity index (χ2v) is 9.09. The average Bonchev–Trinajstić information content (AvgIpc) is 2.77. The van der Waals surface area contributed by atoms with Gasteiger partial charge in [-0.1, -0.05) is 37.3 Å². The van der Waals surface area contributed by atoms with Gasteiger partial charge in [-0.05, 0) is 29.3 Å². The molecule has 2 N–H and O–H groups in total. The van der Waals surface area contributed by atoms with E-state index in [1.54, 1.807) is 4.90 Å². The molecule has 2 aromatic rings. The van der Waals surface area contributed by atoms with E-state index in [0.717, 1.165) is 10.8 Å². The molecule has 0 saturated carbocycles. The fourth-order valence-corrected chi connectivity index (χ4v) is 4.59. The van der Waals surface area contributed by atoms with Crippen LogP contribution in [0.5, 0.6) is 5.75 Å². The lowest BCUT2D eigenvalue weighted by Crippen LogP contribution is -2.52. The lowest BCUT2D eigenvalue weighted by Gasteiger charge is -2.33. The number of rotatable bonds is 6. The summed E-state index contributed by atoms with van der Waals surface area (Å²) in [6, 6.07) is 13.7. The lowest BCUT2D eigenvalue weighted by molar-refractivity contribution is -0.159. The third-order valence-corrected chi connectivity index (χ3v) is 6.79. The largest absolute Gasteiger partial charge is 0.484 e. The van der Waals surface area contributed by atoms with Crippen molar-refractivity contribution in [3.63, 3.8) is 0 Å². The highest BCUT2D eigenvalue weighted by molar-refractivity contribution is 7.89. The summed E-state index contributed by atoms with van der Waals surface area (Å²) in [5.41, 5.74) is 0. The van der Waals surface area contributed by atoms with Crippen molar-refractivity contribution < 1.29 is 37.8 Å². The molecule has 2 aromatic carbocycles. The van der Waals surface area contributed by atoms with Gasteiger partial charge in [0.1, 0.15) is 5.75 Å². The molecule has 0 spiro atoms. The van der Waals surface area contributed by atoms with Crippen LogP contribution in [0.4, 0.5) is 0 Å². The first-order valence-corrected chi connectivity index (χ1v) is 11.6. The molecule has 1 fully saturated rings. The van der Waals surface area contributed by atoms with Crippen LogP contribution in [-0.4, -0.2) is 84.2 Å². The number of carboxylic acids is 2. The van der Waals surface area contributed by atoms with Crippen molar-refractivity contribution in [1.82, 2.24) is 9.21 Å². The Morgan fingerprint density at radius 2 is 1.53 bits per heavy atom. The van der Waals surface area contributed by atoms with Gasteiger partial charge in [-0.15, -0.1) is 0 Å². The summed E-state index contributed by atoms with van der Waals surface area (Å²) in [5.74, 6) is -2.96. The number of benzene rings is 2. The van der Waals surface area contributed by atoms with Crippen molar-refractivity contribution in [1.29, 1.82) is 0 Å². The van der Waals surface area contributed by atoms with Gasteiger partial charge < -0.3 is 19.8 Å². The van der Waals surface area contributed by atoms with Crippen LogP contribution in [0.1, 0.15) is 13.3 Å². The number of sulfonamides is 1. The normalized spacial score (nSPS) is 14.3. The topological polar surface area (TPSA) is 142 Å². The van der Waals surface area contributed by atoms with Gasteiger partial charge in [0.2, 0.25) is 10.0 Å². The molecular formula is C21H26N2O8S. The Bertz CT molecular complexity index is 1050. The summed E-state index contributed by atoms with van der Waals surface area (Å²) in [4.78, 5) is 32.2. The van der Waals surface area contributed by atoms with Crippen LogP contribution < -0.4 is 4.74 Å². The number of piperazine rings is 1. The fourth-order valence-electron chi connectivity index (χ4n) is 3.10. The van der Waals surface area contributed by atoms with E-state index < -0.39 is 22.0 Å². The smallest absolute Gasteiger partial charge is 0.414 e. The second kappa shape index (κ2) is 11.4. The highest BCUT2D eigenvalue weighted by Crippen LogP contribution is 2.20. The highest BCUT2D eigenvalue weighted by Gasteiger charge is 2.28. The van der Waals surface area contributed by atoms with E-state index in [9.17, 15) is 13.2 Å². The van der Waals surface area contributed by atoms with Gasteiger partial charge in [-0.25, -0.2) is 18.0 Å². The Hall–Kier alpha value is -3.18. The zero-order valence-electron chi connectivity index (χ0n) is 17.6. The van der Waals surface area contributed by atoms with Gasteiger partial charge in [0.15, 0.2) is 6.61 Å². The zero-order valence-corrected chi connectivity index (χ0v) is 18.5. The summed E-state index contributed by atoms with van der Waals surface area (Å²) in [7, 11) is -3.19. The molecule has 0 atom stereocenters. The summed E-state index contributed by atoms with van der Waals surface area (Å²) in [5, 5.41) is 17.0. The summed E-state index contributed by atoms with van der Waals surface area (Å²) >= 11 is 0. The minimum Gasteiger partial charge on any atom is -0.484 e. The highest BCUT2D eigenvalue weighted by atomic mass is 32.2. The van der Waals surface area contributed by atoms with Crippen molar-refractivity contribution in [2.75, 3.05) is 38.5 Å². The molecule has 10 nitrogen and oxygen atoms in total. The lowest BCUT2D eigenvalue weighted by atomic mass is 10.1. The third-order valence-electron chi connectivity index (χ3n) is 4.71. The summed E-state index contributed by atoms with van der Waals surface area (Å²) < 4.78 is 31.3. The van der Waals surface area contributed by atoms with Crippen LogP contribution >= 0.6 is 0 Å². The molecule has 0 radical (unpaired) electrons. The molecule has 3 rings (SSSR count). The molecule has 0 bridgehead atoms. The third kappa shape index (κ3) is 7.20. The maximum absolute atomic E-state index is 12.4. The molecule has 1 saturated heterocycles. The number of aliphatic carboxylic acids is 2. The maximum Gasteiger partial charge on any atom is 0.414 e. The molecule has 0 aromatic heterocycles. The minimum absolute atomic E-state index is 0.0416. The van der Waals surface area contributed by atoms with E-state index in [-0.39, 0.29) is 18.3 Å². The van der Waals surface area contributed by atoms with E-state index >= 15 is 0 Å². The first-order valence-electron chi connectivity index (χ1n) is 9.97. The number of hydrogen-bond acceptors (Lipinski definition) is 6.